The molecule has 0 rings (SSSR count). The van der Waals surface area contributed by atoms with Gasteiger partial charge < -0.3 is 19.8 Å². The molecule has 9 heteroatoms. The van der Waals surface area contributed by atoms with Gasteiger partial charge in [0.25, 0.3) is 0 Å². The number of hydrogen-bond acceptors (Lipinski definition) is 5. The number of rotatable bonds is 61. The largest absolute Gasteiger partial charge is 0.472 e. The maximum Gasteiger partial charge on any atom is 0.472 e. The van der Waals surface area contributed by atoms with Crippen LogP contribution >= 0.6 is 7.82 Å². The molecule has 0 aliphatic carbocycles. The number of aliphatic hydroxyl groups excluding tert-OH is 1. The summed E-state index contributed by atoms with van der Waals surface area (Å²) in [6, 6.07) is -0.866. The number of carbonyl (C=O) groups is 1. The Hall–Kier alpha value is -2.06. The third-order valence-corrected chi connectivity index (χ3v) is 15.9. The number of carbonyl (C=O) groups excluding carboxylic acids is 1. The molecule has 0 saturated heterocycles. The molecule has 78 heavy (non-hydrogen) atoms. The smallest absolute Gasteiger partial charge is 0.387 e. The Balaban J connectivity index is 4.09. The third kappa shape index (κ3) is 61.6. The van der Waals surface area contributed by atoms with Crippen LogP contribution in [0.5, 0.6) is 0 Å². The Labute approximate surface area is 484 Å². The molecule has 0 aromatic carbocycles. The van der Waals surface area contributed by atoms with E-state index in [0.717, 1.165) is 64.2 Å². The van der Waals surface area contributed by atoms with E-state index in [1.165, 1.54) is 225 Å². The lowest BCUT2D eigenvalue weighted by Gasteiger charge is -2.25. The first kappa shape index (κ1) is 75.9. The lowest BCUT2D eigenvalue weighted by molar-refractivity contribution is -0.870. The maximum absolute atomic E-state index is 13.0. The van der Waals surface area contributed by atoms with Gasteiger partial charge in [0.2, 0.25) is 5.91 Å². The van der Waals surface area contributed by atoms with Crippen molar-refractivity contribution in [2.24, 2.45) is 0 Å². The van der Waals surface area contributed by atoms with Gasteiger partial charge in [0.1, 0.15) is 13.2 Å². The van der Waals surface area contributed by atoms with Crippen molar-refractivity contribution in [3.05, 3.63) is 72.9 Å². The topological polar surface area (TPSA) is 105 Å². The Kier molecular flexibility index (Phi) is 58.0. The van der Waals surface area contributed by atoms with Crippen molar-refractivity contribution in [3.63, 3.8) is 0 Å². The van der Waals surface area contributed by atoms with Crippen molar-refractivity contribution in [1.82, 2.24) is 5.32 Å². The molecule has 0 spiro atoms. The summed E-state index contributed by atoms with van der Waals surface area (Å²) < 4.78 is 23.8. The number of phosphoric ester groups is 1. The number of hydrogen-bond donors (Lipinski definition) is 3. The monoisotopic (exact) mass is 1110 g/mol. The van der Waals surface area contributed by atoms with Gasteiger partial charge in [-0.3, -0.25) is 13.8 Å². The molecule has 3 N–H and O–H groups in total. The number of likely N-dealkylation sites (N-methyl/N-ethyl adjacent to an activating group) is 1. The van der Waals surface area contributed by atoms with Crippen molar-refractivity contribution in [2.45, 2.75) is 321 Å². The summed E-state index contributed by atoms with van der Waals surface area (Å²) in [4.78, 5) is 23.4. The summed E-state index contributed by atoms with van der Waals surface area (Å²) in [7, 11) is 1.56. The van der Waals surface area contributed by atoms with Gasteiger partial charge in [0.15, 0.2) is 0 Å². The lowest BCUT2D eigenvalue weighted by Crippen LogP contribution is -2.45. The minimum Gasteiger partial charge on any atom is -0.387 e. The van der Waals surface area contributed by atoms with Gasteiger partial charge >= 0.3 is 7.82 Å². The third-order valence-electron chi connectivity index (χ3n) is 14.9. The predicted octanol–water partition coefficient (Wildman–Crippen LogP) is 21.0. The fourth-order valence-corrected chi connectivity index (χ4v) is 10.5. The van der Waals surface area contributed by atoms with Crippen LogP contribution in [0.3, 0.4) is 0 Å². The molecule has 3 atom stereocenters. The van der Waals surface area contributed by atoms with Gasteiger partial charge in [-0.1, -0.05) is 305 Å². The van der Waals surface area contributed by atoms with E-state index in [-0.39, 0.29) is 19.1 Å². The molecule has 0 heterocycles. The first-order chi connectivity index (χ1) is 38.0. The highest BCUT2D eigenvalue weighted by atomic mass is 31.2. The molecule has 456 valence electrons. The molecular formula is C69H130N2O6P+. The predicted molar refractivity (Wildman–Crippen MR) is 341 cm³/mol. The minimum absolute atomic E-state index is 0.0559. The molecular weight excluding hydrogens is 984 g/mol. The fraction of sp³-hybridized carbons (Fsp3) is 0.812. The van der Waals surface area contributed by atoms with Gasteiger partial charge in [0.05, 0.1) is 39.9 Å². The van der Waals surface area contributed by atoms with Crippen LogP contribution in [-0.4, -0.2) is 73.4 Å². The molecule has 1 amide bonds. The number of nitrogens with zero attached hydrogens (tertiary/aromatic N) is 1. The minimum atomic E-state index is -4.36. The fourth-order valence-electron chi connectivity index (χ4n) is 9.76. The lowest BCUT2D eigenvalue weighted by atomic mass is 10.0. The van der Waals surface area contributed by atoms with Crippen molar-refractivity contribution in [2.75, 3.05) is 40.9 Å². The zero-order valence-electron chi connectivity index (χ0n) is 52.2. The van der Waals surface area contributed by atoms with Crippen LogP contribution in [0, 0.1) is 0 Å². The zero-order chi connectivity index (χ0) is 57.0. The Morgan fingerprint density at radius 3 is 1.18 bits per heavy atom. The van der Waals surface area contributed by atoms with Crippen LogP contribution in [-0.2, 0) is 18.4 Å². The quantitative estimate of drug-likeness (QED) is 0.0243. The first-order valence-electron chi connectivity index (χ1n) is 33.3. The van der Waals surface area contributed by atoms with E-state index in [4.69, 9.17) is 9.05 Å². The number of phosphoric acid groups is 1. The number of allylic oxidation sites excluding steroid dienone is 11. The number of aliphatic hydroxyl groups is 1. The van der Waals surface area contributed by atoms with Crippen LogP contribution in [0.2, 0.25) is 0 Å². The summed E-state index contributed by atoms with van der Waals surface area (Å²) >= 11 is 0. The van der Waals surface area contributed by atoms with Crippen LogP contribution in [0.25, 0.3) is 0 Å². The summed E-state index contributed by atoms with van der Waals surface area (Å²) in [5.74, 6) is -0.183. The highest BCUT2D eigenvalue weighted by Gasteiger charge is 2.28. The van der Waals surface area contributed by atoms with Crippen molar-refractivity contribution in [1.29, 1.82) is 0 Å². The van der Waals surface area contributed by atoms with E-state index in [1.54, 1.807) is 6.08 Å². The second kappa shape index (κ2) is 59.6. The molecule has 8 nitrogen and oxygen atoms in total. The van der Waals surface area contributed by atoms with Crippen molar-refractivity contribution >= 4 is 13.7 Å². The van der Waals surface area contributed by atoms with E-state index in [9.17, 15) is 19.4 Å². The van der Waals surface area contributed by atoms with E-state index < -0.39 is 20.0 Å². The molecule has 0 aromatic heterocycles. The van der Waals surface area contributed by atoms with Crippen molar-refractivity contribution < 1.29 is 32.9 Å². The van der Waals surface area contributed by atoms with E-state index in [0.29, 0.717) is 17.4 Å². The summed E-state index contributed by atoms with van der Waals surface area (Å²) in [6.07, 6.45) is 83.3. The number of quaternary nitrogens is 1. The van der Waals surface area contributed by atoms with Gasteiger partial charge in [-0.05, 0) is 70.6 Å². The standard InChI is InChI=1S/C69H129N2O6P/c1-6-8-10-12-14-16-18-20-22-24-26-28-30-31-32-33-34-35-36-37-38-39-41-43-45-47-49-51-53-55-57-59-61-63-69(73)70-67(66-77-78(74,75)76-65-64-71(3,4)5)68(72)62-60-58-56-54-52-50-48-46-44-42-40-29-27-25-23-21-19-17-15-13-11-9-7-2/h8,10,14,16,20,22,26,28,52,54,60,62,67-68,72H,6-7,9,11-13,15,17-19,21,23-25,27,29-51,53,55-59,61,63-66H2,1-5H3,(H-,70,73,74,75)/p+1/b10-8-,16-14-,22-20-,28-26-,54-52+,62-60+. The average molecular weight is 1110 g/mol. The molecule has 0 aliphatic heterocycles. The molecule has 0 saturated carbocycles. The van der Waals surface area contributed by atoms with Crippen LogP contribution in [0.4, 0.5) is 0 Å². The van der Waals surface area contributed by atoms with Gasteiger partial charge in [0, 0.05) is 6.42 Å². The normalized spacial score (nSPS) is 14.2. The average Bonchev–Trinajstić information content (AvgIpc) is 3.41. The van der Waals surface area contributed by atoms with E-state index in [1.807, 2.05) is 27.2 Å². The highest BCUT2D eigenvalue weighted by molar-refractivity contribution is 7.47. The molecule has 3 unspecified atom stereocenters. The van der Waals surface area contributed by atoms with Gasteiger partial charge in [-0.2, -0.15) is 0 Å². The number of unbranched alkanes of at least 4 members (excludes halogenated alkanes) is 38. The molecule has 0 aromatic rings. The SMILES string of the molecule is CC/C=C\C/C=C\C/C=C\C/C=C\CCCCCCCCCCCCCCCCCCCCCCC(=O)NC(COP(=O)(O)OCC[N+](C)(C)C)C(O)/C=C/CC/C=C/CCCCCCCCCCCCCCCCCCC. The Morgan fingerprint density at radius 1 is 0.449 bits per heavy atom. The Bertz CT molecular complexity index is 1500. The van der Waals surface area contributed by atoms with Crippen molar-refractivity contribution in [3.8, 4) is 0 Å². The molecule has 0 radical (unpaired) electrons. The number of nitrogens with one attached hydrogen (secondary N) is 1. The van der Waals surface area contributed by atoms with Gasteiger partial charge in [-0.15, -0.1) is 0 Å². The maximum atomic E-state index is 13.0. The molecule has 0 bridgehead atoms. The zero-order valence-corrected chi connectivity index (χ0v) is 53.0. The second-order valence-electron chi connectivity index (χ2n) is 23.8. The summed E-state index contributed by atoms with van der Waals surface area (Å²) in [5.41, 5.74) is 0. The summed E-state index contributed by atoms with van der Waals surface area (Å²) in [5, 5.41) is 14.0. The first-order valence-corrected chi connectivity index (χ1v) is 34.8. The van der Waals surface area contributed by atoms with Crippen LogP contribution in [0.15, 0.2) is 72.9 Å². The van der Waals surface area contributed by atoms with Crippen LogP contribution in [0.1, 0.15) is 309 Å². The van der Waals surface area contributed by atoms with E-state index in [2.05, 4.69) is 79.9 Å². The molecule has 0 aliphatic rings. The van der Waals surface area contributed by atoms with Crippen LogP contribution < -0.4 is 5.32 Å². The second-order valence-corrected chi connectivity index (χ2v) is 25.3. The van der Waals surface area contributed by atoms with E-state index >= 15 is 0 Å². The summed E-state index contributed by atoms with van der Waals surface area (Å²) in [6.45, 7) is 4.72. The molecule has 0 fully saturated rings. The number of amides is 1. The Morgan fingerprint density at radius 2 is 0.782 bits per heavy atom. The van der Waals surface area contributed by atoms with Gasteiger partial charge in [-0.25, -0.2) is 4.57 Å². The highest BCUT2D eigenvalue weighted by Crippen LogP contribution is 2.43.